The number of rotatable bonds is 5. The summed E-state index contributed by atoms with van der Waals surface area (Å²) in [6, 6.07) is 14.4. The minimum Gasteiger partial charge on any atom is -0.448 e. The molecule has 0 spiro atoms. The van der Waals surface area contributed by atoms with Gasteiger partial charge in [-0.15, -0.1) is 24.8 Å². The van der Waals surface area contributed by atoms with E-state index in [2.05, 4.69) is 4.74 Å². The van der Waals surface area contributed by atoms with Crippen molar-refractivity contribution >= 4 is 23.5 Å². The SMILES string of the molecule is O=C(CCl)[C@@H]1C[C@H](OC(F)(F)F)CN1C(=O)OCC1c2ccccc2-c2ccccc21. The number of carbonyl (C=O) groups is 2. The normalized spacial score (nSPS) is 20.5. The van der Waals surface area contributed by atoms with E-state index < -0.39 is 42.8 Å². The fraction of sp³-hybridized carbons (Fsp3) is 0.364. The van der Waals surface area contributed by atoms with Gasteiger partial charge in [0.2, 0.25) is 0 Å². The van der Waals surface area contributed by atoms with Crippen molar-refractivity contribution in [2.45, 2.75) is 30.8 Å². The molecular formula is C22H19ClF3NO4. The van der Waals surface area contributed by atoms with Crippen LogP contribution in [0, 0.1) is 0 Å². The van der Waals surface area contributed by atoms with Crippen LogP contribution in [0.25, 0.3) is 11.1 Å². The van der Waals surface area contributed by atoms with Crippen molar-refractivity contribution in [3.63, 3.8) is 0 Å². The number of amides is 1. The van der Waals surface area contributed by atoms with Gasteiger partial charge in [0, 0.05) is 12.3 Å². The lowest BCUT2D eigenvalue weighted by molar-refractivity contribution is -0.340. The molecule has 1 fully saturated rings. The number of hydrogen-bond acceptors (Lipinski definition) is 4. The summed E-state index contributed by atoms with van der Waals surface area (Å²) >= 11 is 5.58. The molecule has 31 heavy (non-hydrogen) atoms. The average Bonchev–Trinajstić information content (AvgIpc) is 3.29. The number of likely N-dealkylation sites (tertiary alicyclic amines) is 1. The van der Waals surface area contributed by atoms with Gasteiger partial charge in [-0.25, -0.2) is 4.79 Å². The van der Waals surface area contributed by atoms with Crippen LogP contribution in [-0.2, 0) is 14.3 Å². The van der Waals surface area contributed by atoms with Crippen molar-refractivity contribution in [3.8, 4) is 11.1 Å². The molecule has 2 aromatic carbocycles. The van der Waals surface area contributed by atoms with E-state index in [4.69, 9.17) is 16.3 Å². The molecule has 9 heteroatoms. The zero-order valence-electron chi connectivity index (χ0n) is 16.3. The summed E-state index contributed by atoms with van der Waals surface area (Å²) in [5, 5.41) is 0. The van der Waals surface area contributed by atoms with E-state index in [-0.39, 0.29) is 18.9 Å². The molecular weight excluding hydrogens is 435 g/mol. The zero-order chi connectivity index (χ0) is 22.2. The molecule has 4 rings (SSSR count). The van der Waals surface area contributed by atoms with Gasteiger partial charge in [-0.3, -0.25) is 14.4 Å². The van der Waals surface area contributed by atoms with Crippen molar-refractivity contribution in [2.75, 3.05) is 19.0 Å². The number of benzene rings is 2. The van der Waals surface area contributed by atoms with E-state index in [0.29, 0.717) is 0 Å². The Bertz CT molecular complexity index is 951. The van der Waals surface area contributed by atoms with Crippen LogP contribution in [0.2, 0.25) is 0 Å². The maximum atomic E-state index is 12.7. The van der Waals surface area contributed by atoms with Crippen LogP contribution >= 0.6 is 11.6 Å². The highest BCUT2D eigenvalue weighted by Gasteiger charge is 2.45. The Morgan fingerprint density at radius 2 is 1.61 bits per heavy atom. The monoisotopic (exact) mass is 453 g/mol. The fourth-order valence-electron chi connectivity index (χ4n) is 4.34. The lowest BCUT2D eigenvalue weighted by Gasteiger charge is -2.23. The summed E-state index contributed by atoms with van der Waals surface area (Å²) in [4.78, 5) is 25.8. The average molecular weight is 454 g/mol. The Balaban J connectivity index is 1.49. The summed E-state index contributed by atoms with van der Waals surface area (Å²) in [5.74, 6) is -1.18. The third kappa shape index (κ3) is 4.41. The van der Waals surface area contributed by atoms with Crippen LogP contribution in [0.5, 0.6) is 0 Å². The van der Waals surface area contributed by atoms with Gasteiger partial charge in [-0.05, 0) is 22.3 Å². The largest absolute Gasteiger partial charge is 0.522 e. The molecule has 1 saturated heterocycles. The van der Waals surface area contributed by atoms with Crippen molar-refractivity contribution < 1.29 is 32.2 Å². The molecule has 0 aromatic heterocycles. The van der Waals surface area contributed by atoms with Gasteiger partial charge in [-0.2, -0.15) is 0 Å². The highest BCUT2D eigenvalue weighted by molar-refractivity contribution is 6.28. The molecule has 0 unspecified atom stereocenters. The molecule has 0 bridgehead atoms. The third-order valence-corrected chi connectivity index (χ3v) is 5.90. The molecule has 2 aromatic rings. The molecule has 2 aliphatic rings. The topological polar surface area (TPSA) is 55.8 Å². The lowest BCUT2D eigenvalue weighted by atomic mass is 9.98. The molecule has 164 valence electrons. The second-order valence-corrected chi connectivity index (χ2v) is 7.76. The molecule has 2 atom stereocenters. The highest BCUT2D eigenvalue weighted by Crippen LogP contribution is 2.44. The molecule has 0 saturated carbocycles. The molecule has 5 nitrogen and oxygen atoms in total. The van der Waals surface area contributed by atoms with Gasteiger partial charge < -0.3 is 4.74 Å². The summed E-state index contributed by atoms with van der Waals surface area (Å²) in [6.45, 7) is -0.403. The number of fused-ring (bicyclic) bond motifs is 3. The number of hydrogen-bond donors (Lipinski definition) is 0. The predicted molar refractivity (Wildman–Crippen MR) is 107 cm³/mol. The summed E-state index contributed by atoms with van der Waals surface area (Å²) in [7, 11) is 0. The fourth-order valence-corrected chi connectivity index (χ4v) is 4.52. The number of nitrogens with zero attached hydrogens (tertiary/aromatic N) is 1. The van der Waals surface area contributed by atoms with Crippen LogP contribution in [0.4, 0.5) is 18.0 Å². The zero-order valence-corrected chi connectivity index (χ0v) is 17.0. The number of alkyl halides is 4. The minimum absolute atomic E-state index is 0.00403. The van der Waals surface area contributed by atoms with E-state index in [1.165, 1.54) is 0 Å². The summed E-state index contributed by atoms with van der Waals surface area (Å²) in [5.41, 5.74) is 4.11. The second-order valence-electron chi connectivity index (χ2n) is 7.49. The van der Waals surface area contributed by atoms with E-state index in [0.717, 1.165) is 27.2 Å². The van der Waals surface area contributed by atoms with Gasteiger partial charge in [-0.1, -0.05) is 48.5 Å². The smallest absolute Gasteiger partial charge is 0.448 e. The Morgan fingerprint density at radius 3 is 2.16 bits per heavy atom. The quantitative estimate of drug-likeness (QED) is 0.615. The van der Waals surface area contributed by atoms with E-state index in [1.807, 2.05) is 48.5 Å². The van der Waals surface area contributed by atoms with Crippen molar-refractivity contribution in [3.05, 3.63) is 59.7 Å². The van der Waals surface area contributed by atoms with Gasteiger partial charge in [0.05, 0.1) is 24.6 Å². The van der Waals surface area contributed by atoms with Gasteiger partial charge >= 0.3 is 12.5 Å². The van der Waals surface area contributed by atoms with Gasteiger partial charge in [0.1, 0.15) is 6.61 Å². The Hall–Kier alpha value is -2.58. The second kappa shape index (κ2) is 8.51. The maximum Gasteiger partial charge on any atom is 0.522 e. The molecule has 0 N–H and O–H groups in total. The van der Waals surface area contributed by atoms with Crippen LogP contribution < -0.4 is 0 Å². The molecule has 1 aliphatic carbocycles. The summed E-state index contributed by atoms with van der Waals surface area (Å²) in [6.07, 6.45) is -7.36. The van der Waals surface area contributed by atoms with E-state index >= 15 is 0 Å². The number of halogens is 4. The molecule has 1 amide bonds. The van der Waals surface area contributed by atoms with E-state index in [1.54, 1.807) is 0 Å². The Morgan fingerprint density at radius 1 is 1.03 bits per heavy atom. The van der Waals surface area contributed by atoms with Gasteiger partial charge in [0.25, 0.3) is 0 Å². The van der Waals surface area contributed by atoms with Crippen molar-refractivity contribution in [2.24, 2.45) is 0 Å². The first-order valence-electron chi connectivity index (χ1n) is 9.73. The number of Topliss-reactive ketones (excluding diaryl/α,β-unsaturated/α-hetero) is 1. The first-order valence-corrected chi connectivity index (χ1v) is 10.3. The van der Waals surface area contributed by atoms with Crippen LogP contribution in [0.15, 0.2) is 48.5 Å². The molecule has 1 aliphatic heterocycles. The first kappa shape index (κ1) is 21.6. The van der Waals surface area contributed by atoms with Crippen LogP contribution in [-0.4, -0.2) is 54.3 Å². The number of ketones is 1. The Labute approximate surface area is 181 Å². The number of carbonyl (C=O) groups excluding carboxylic acids is 2. The maximum absolute atomic E-state index is 12.7. The number of ether oxygens (including phenoxy) is 2. The lowest BCUT2D eigenvalue weighted by Crippen LogP contribution is -2.42. The minimum atomic E-state index is -4.86. The van der Waals surface area contributed by atoms with E-state index in [9.17, 15) is 22.8 Å². The summed E-state index contributed by atoms with van der Waals surface area (Å²) < 4.78 is 47.3. The van der Waals surface area contributed by atoms with Crippen LogP contribution in [0.3, 0.4) is 0 Å². The highest BCUT2D eigenvalue weighted by atomic mass is 35.5. The van der Waals surface area contributed by atoms with Crippen LogP contribution in [0.1, 0.15) is 23.5 Å². The molecule has 0 radical (unpaired) electrons. The third-order valence-electron chi connectivity index (χ3n) is 5.64. The van der Waals surface area contributed by atoms with Crippen molar-refractivity contribution in [1.82, 2.24) is 4.90 Å². The standard InChI is InChI=1S/C22H19ClF3NO4/c23-10-20(28)19-9-13(31-22(24,25)26)11-27(19)21(29)30-12-18-16-7-3-1-5-14(16)15-6-2-4-8-17(15)18/h1-8,13,18-19H,9-12H2/t13-,19-/m0/s1. The van der Waals surface area contributed by atoms with Gasteiger partial charge in [0.15, 0.2) is 5.78 Å². The molecule has 1 heterocycles. The Kier molecular flexibility index (Phi) is 5.94. The predicted octanol–water partition coefficient (Wildman–Crippen LogP) is 4.72. The first-order chi connectivity index (χ1) is 14.8. The van der Waals surface area contributed by atoms with Crippen molar-refractivity contribution in [1.29, 1.82) is 0 Å².